The fraction of sp³-hybridized carbons (Fsp3) is 0.172. The third kappa shape index (κ3) is 4.48. The van der Waals surface area contributed by atoms with Gasteiger partial charge in [-0.25, -0.2) is 14.4 Å². The van der Waals surface area contributed by atoms with Crippen LogP contribution in [0.15, 0.2) is 67.0 Å². The van der Waals surface area contributed by atoms with Gasteiger partial charge in [-0.1, -0.05) is 12.1 Å². The molecule has 0 radical (unpaired) electrons. The minimum absolute atomic E-state index is 0.365. The van der Waals surface area contributed by atoms with Gasteiger partial charge in [0.25, 0.3) is 0 Å². The van der Waals surface area contributed by atoms with Gasteiger partial charge in [-0.05, 0) is 68.5 Å². The van der Waals surface area contributed by atoms with Crippen molar-refractivity contribution in [2.45, 2.75) is 6.92 Å². The van der Waals surface area contributed by atoms with Crippen LogP contribution >= 0.6 is 0 Å². The summed E-state index contributed by atoms with van der Waals surface area (Å²) < 4.78 is 20.4. The number of benzene rings is 2. The van der Waals surface area contributed by atoms with Crippen LogP contribution in [0.3, 0.4) is 0 Å². The molecule has 0 atom stereocenters. The standard InChI is InChI=1S/C29H26FN7O/c1-17-9-10-31-16-22(17)23-7-8-25-27(32-23)28(36-35-25)29-33-24-6-4-5-21(26(24)34-29)18-13-19(30)15-20(14-18)38-12-11-37(2)3/h4-10,13-16H,11-12H2,1-3H3,(H,33,34)(H,35,36). The highest BCUT2D eigenvalue weighted by molar-refractivity contribution is 5.96. The van der Waals surface area contributed by atoms with E-state index in [1.807, 2.05) is 74.6 Å². The van der Waals surface area contributed by atoms with Crippen molar-refractivity contribution in [3.05, 3.63) is 78.4 Å². The van der Waals surface area contributed by atoms with Crippen LogP contribution in [0.4, 0.5) is 4.39 Å². The second kappa shape index (κ2) is 9.68. The summed E-state index contributed by atoms with van der Waals surface area (Å²) in [5, 5.41) is 7.57. The molecule has 8 nitrogen and oxygen atoms in total. The smallest absolute Gasteiger partial charge is 0.161 e. The van der Waals surface area contributed by atoms with Gasteiger partial charge in [0, 0.05) is 36.1 Å². The first-order valence-electron chi connectivity index (χ1n) is 12.3. The SMILES string of the molecule is Cc1ccncc1-c1ccc2[nH]nc(-c3nc4c(-c5cc(F)cc(OCCN(C)C)c5)cccc4[nH]3)c2n1. The molecule has 0 amide bonds. The number of pyridine rings is 2. The molecule has 2 N–H and O–H groups in total. The lowest BCUT2D eigenvalue weighted by atomic mass is 10.0. The molecule has 38 heavy (non-hydrogen) atoms. The van der Waals surface area contributed by atoms with Gasteiger partial charge in [-0.2, -0.15) is 5.10 Å². The lowest BCUT2D eigenvalue weighted by Gasteiger charge is -2.12. The van der Waals surface area contributed by atoms with Crippen molar-refractivity contribution in [3.63, 3.8) is 0 Å². The molecule has 0 bridgehead atoms. The number of aromatic nitrogens is 6. The second-order valence-corrected chi connectivity index (χ2v) is 9.47. The van der Waals surface area contributed by atoms with E-state index in [1.165, 1.54) is 12.1 Å². The Labute approximate surface area is 218 Å². The molecule has 0 spiro atoms. The molecule has 0 saturated heterocycles. The maximum absolute atomic E-state index is 14.6. The predicted octanol–water partition coefficient (Wildman–Crippen LogP) is 5.62. The number of hydrogen-bond acceptors (Lipinski definition) is 6. The van der Waals surface area contributed by atoms with Crippen molar-refractivity contribution >= 4 is 22.1 Å². The highest BCUT2D eigenvalue weighted by Gasteiger charge is 2.18. The van der Waals surface area contributed by atoms with Crippen molar-refractivity contribution in [2.24, 2.45) is 0 Å². The molecule has 190 valence electrons. The molecule has 0 saturated carbocycles. The van der Waals surface area contributed by atoms with E-state index >= 15 is 0 Å². The van der Waals surface area contributed by atoms with Gasteiger partial charge in [0.2, 0.25) is 0 Å². The number of imidazole rings is 1. The maximum Gasteiger partial charge on any atom is 0.161 e. The molecule has 2 aromatic carbocycles. The molecule has 0 aliphatic carbocycles. The van der Waals surface area contributed by atoms with Gasteiger partial charge in [-0.3, -0.25) is 10.1 Å². The van der Waals surface area contributed by atoms with E-state index in [4.69, 9.17) is 14.7 Å². The van der Waals surface area contributed by atoms with Crippen molar-refractivity contribution in [1.82, 2.24) is 35.0 Å². The number of nitrogens with zero attached hydrogens (tertiary/aromatic N) is 5. The van der Waals surface area contributed by atoms with Crippen LogP contribution < -0.4 is 4.74 Å². The first-order chi connectivity index (χ1) is 18.5. The van der Waals surface area contributed by atoms with Crippen LogP contribution in [0.1, 0.15) is 5.56 Å². The Balaban J connectivity index is 1.41. The monoisotopic (exact) mass is 507 g/mol. The normalized spacial score (nSPS) is 11.6. The number of hydrogen-bond donors (Lipinski definition) is 2. The topological polar surface area (TPSA) is 95.6 Å². The second-order valence-electron chi connectivity index (χ2n) is 9.47. The molecular formula is C29H26FN7O. The minimum Gasteiger partial charge on any atom is -0.492 e. The Morgan fingerprint density at radius 3 is 2.68 bits per heavy atom. The van der Waals surface area contributed by atoms with Gasteiger partial charge in [0.05, 0.1) is 22.2 Å². The number of aryl methyl sites for hydroxylation is 1. The number of H-pyrrole nitrogens is 2. The van der Waals surface area contributed by atoms with Crippen LogP contribution in [-0.2, 0) is 0 Å². The maximum atomic E-state index is 14.6. The third-order valence-electron chi connectivity index (χ3n) is 6.45. The van der Waals surface area contributed by atoms with E-state index in [0.29, 0.717) is 40.5 Å². The fourth-order valence-corrected chi connectivity index (χ4v) is 4.47. The van der Waals surface area contributed by atoms with Gasteiger partial charge in [0.1, 0.15) is 23.7 Å². The number of ether oxygens (including phenoxy) is 1. The Morgan fingerprint density at radius 1 is 0.947 bits per heavy atom. The van der Waals surface area contributed by atoms with E-state index in [-0.39, 0.29) is 5.82 Å². The molecule has 4 aromatic heterocycles. The van der Waals surface area contributed by atoms with Crippen LogP contribution in [0.25, 0.3) is 56.0 Å². The lowest BCUT2D eigenvalue weighted by molar-refractivity contribution is 0.260. The Bertz CT molecular complexity index is 1770. The summed E-state index contributed by atoms with van der Waals surface area (Å²) in [5.74, 6) is 0.691. The summed E-state index contributed by atoms with van der Waals surface area (Å²) in [6.07, 6.45) is 3.58. The number of nitrogens with one attached hydrogen (secondary N) is 2. The molecular weight excluding hydrogens is 481 g/mol. The molecule has 9 heteroatoms. The van der Waals surface area contributed by atoms with E-state index < -0.39 is 0 Å². The summed E-state index contributed by atoms with van der Waals surface area (Å²) in [6.45, 7) is 3.23. The molecule has 6 rings (SSSR count). The predicted molar refractivity (Wildman–Crippen MR) is 146 cm³/mol. The summed E-state index contributed by atoms with van der Waals surface area (Å²) in [7, 11) is 3.93. The molecule has 4 heterocycles. The van der Waals surface area contributed by atoms with Gasteiger partial charge >= 0.3 is 0 Å². The molecule has 0 fully saturated rings. The Morgan fingerprint density at radius 2 is 1.84 bits per heavy atom. The Kier molecular flexibility index (Phi) is 6.05. The number of para-hydroxylation sites is 1. The van der Waals surface area contributed by atoms with Crippen molar-refractivity contribution in [3.8, 4) is 39.7 Å². The van der Waals surface area contributed by atoms with Crippen molar-refractivity contribution in [1.29, 1.82) is 0 Å². The van der Waals surface area contributed by atoms with E-state index in [9.17, 15) is 4.39 Å². The first-order valence-corrected chi connectivity index (χ1v) is 12.3. The third-order valence-corrected chi connectivity index (χ3v) is 6.45. The number of fused-ring (bicyclic) bond motifs is 2. The van der Waals surface area contributed by atoms with Crippen molar-refractivity contribution < 1.29 is 9.13 Å². The zero-order valence-electron chi connectivity index (χ0n) is 21.3. The van der Waals surface area contributed by atoms with Crippen LogP contribution in [0.2, 0.25) is 0 Å². The van der Waals surface area contributed by atoms with Gasteiger partial charge in [0.15, 0.2) is 11.5 Å². The zero-order valence-corrected chi connectivity index (χ0v) is 21.3. The van der Waals surface area contributed by atoms with Crippen LogP contribution in [-0.4, -0.2) is 62.3 Å². The molecule has 0 aliphatic rings. The summed E-state index contributed by atoms with van der Waals surface area (Å²) in [6, 6.07) is 16.4. The summed E-state index contributed by atoms with van der Waals surface area (Å²) >= 11 is 0. The molecule has 0 aliphatic heterocycles. The summed E-state index contributed by atoms with van der Waals surface area (Å²) in [5.41, 5.74) is 7.98. The fourth-order valence-electron chi connectivity index (χ4n) is 4.47. The van der Waals surface area contributed by atoms with E-state index in [2.05, 4.69) is 20.2 Å². The number of aromatic amines is 2. The lowest BCUT2D eigenvalue weighted by Crippen LogP contribution is -2.19. The largest absolute Gasteiger partial charge is 0.492 e. The average Bonchev–Trinajstić information content (AvgIpc) is 3.52. The van der Waals surface area contributed by atoms with Gasteiger partial charge < -0.3 is 14.6 Å². The molecule has 0 unspecified atom stereocenters. The van der Waals surface area contributed by atoms with Crippen LogP contribution in [0, 0.1) is 12.7 Å². The quantitative estimate of drug-likeness (QED) is 0.291. The Hall–Kier alpha value is -4.63. The van der Waals surface area contributed by atoms with E-state index in [0.717, 1.165) is 40.0 Å². The zero-order chi connectivity index (χ0) is 26.2. The number of rotatable bonds is 7. The number of halogens is 1. The number of likely N-dealkylation sites (N-methyl/N-ethyl adjacent to an activating group) is 1. The highest BCUT2D eigenvalue weighted by Crippen LogP contribution is 2.34. The highest BCUT2D eigenvalue weighted by atomic mass is 19.1. The van der Waals surface area contributed by atoms with Gasteiger partial charge in [-0.15, -0.1) is 0 Å². The minimum atomic E-state index is -0.365. The van der Waals surface area contributed by atoms with Crippen LogP contribution in [0.5, 0.6) is 5.75 Å². The van der Waals surface area contributed by atoms with Crippen molar-refractivity contribution in [2.75, 3.05) is 27.2 Å². The average molecular weight is 508 g/mol. The summed E-state index contributed by atoms with van der Waals surface area (Å²) in [4.78, 5) is 19.4. The molecule has 6 aromatic rings. The van der Waals surface area contributed by atoms with E-state index in [1.54, 1.807) is 6.20 Å². The first kappa shape index (κ1) is 23.7.